The Bertz CT molecular complexity index is 754. The molecule has 0 fully saturated rings. The van der Waals surface area contributed by atoms with E-state index in [-0.39, 0.29) is 11.7 Å². The summed E-state index contributed by atoms with van der Waals surface area (Å²) in [6, 6.07) is 10.3. The van der Waals surface area contributed by atoms with E-state index in [1.807, 2.05) is 6.07 Å². The lowest BCUT2D eigenvalue weighted by atomic mass is 10.1. The first kappa shape index (κ1) is 14.1. The number of aromatic nitrogens is 1. The van der Waals surface area contributed by atoms with Gasteiger partial charge in [0.05, 0.1) is 0 Å². The highest BCUT2D eigenvalue weighted by molar-refractivity contribution is 6.14. The van der Waals surface area contributed by atoms with E-state index >= 15 is 0 Å². The van der Waals surface area contributed by atoms with Crippen molar-refractivity contribution in [3.8, 4) is 0 Å². The second kappa shape index (κ2) is 6.30. The van der Waals surface area contributed by atoms with Gasteiger partial charge in [0.15, 0.2) is 0 Å². The van der Waals surface area contributed by atoms with Crippen LogP contribution in [-0.2, 0) is 11.2 Å². The van der Waals surface area contributed by atoms with E-state index in [0.717, 1.165) is 5.56 Å². The van der Waals surface area contributed by atoms with Crippen molar-refractivity contribution in [3.05, 3.63) is 71.4 Å². The number of hydrogen-bond donors (Lipinski definition) is 1. The van der Waals surface area contributed by atoms with Crippen LogP contribution in [0.5, 0.6) is 0 Å². The summed E-state index contributed by atoms with van der Waals surface area (Å²) in [7, 11) is 0. The van der Waals surface area contributed by atoms with Crippen LogP contribution in [-0.4, -0.2) is 16.7 Å². The molecule has 0 spiro atoms. The maximum absolute atomic E-state index is 13.6. The summed E-state index contributed by atoms with van der Waals surface area (Å²) in [5, 5.41) is 2.71. The van der Waals surface area contributed by atoms with Crippen molar-refractivity contribution in [2.45, 2.75) is 12.8 Å². The Labute approximate surface area is 127 Å². The molecule has 1 aliphatic heterocycles. The molecule has 0 radical (unpaired) electrons. The molecule has 0 aliphatic carbocycles. The number of nitrogens with one attached hydrogen (secondary N) is 1. The lowest BCUT2D eigenvalue weighted by Gasteiger charge is -2.02. The third-order valence-corrected chi connectivity index (χ3v) is 3.32. The molecule has 5 heteroatoms. The average molecular weight is 295 g/mol. The van der Waals surface area contributed by atoms with Crippen molar-refractivity contribution in [2.75, 3.05) is 0 Å². The molecule has 2 aromatic rings. The minimum absolute atomic E-state index is 0.237. The van der Waals surface area contributed by atoms with E-state index in [1.54, 1.807) is 42.7 Å². The SMILES string of the molecule is O=C1NC(CCc2ccccc2F)=N/C1=C/c1cccnc1. The summed E-state index contributed by atoms with van der Waals surface area (Å²) >= 11 is 0. The fourth-order valence-electron chi connectivity index (χ4n) is 2.21. The van der Waals surface area contributed by atoms with E-state index in [1.165, 1.54) is 6.07 Å². The van der Waals surface area contributed by atoms with Gasteiger partial charge in [-0.1, -0.05) is 24.3 Å². The minimum atomic E-state index is -0.243. The lowest BCUT2D eigenvalue weighted by molar-refractivity contribution is -0.115. The number of amidine groups is 1. The largest absolute Gasteiger partial charge is 0.309 e. The number of rotatable bonds is 4. The van der Waals surface area contributed by atoms with Gasteiger partial charge in [-0.15, -0.1) is 0 Å². The Morgan fingerprint density at radius 2 is 2.00 bits per heavy atom. The smallest absolute Gasteiger partial charge is 0.275 e. The van der Waals surface area contributed by atoms with Gasteiger partial charge in [-0.05, 0) is 35.8 Å². The van der Waals surface area contributed by atoms with Gasteiger partial charge in [0.1, 0.15) is 17.3 Å². The van der Waals surface area contributed by atoms with Gasteiger partial charge in [0.25, 0.3) is 5.91 Å². The molecule has 0 saturated carbocycles. The van der Waals surface area contributed by atoms with Crippen molar-refractivity contribution >= 4 is 17.8 Å². The molecule has 3 rings (SSSR count). The Morgan fingerprint density at radius 1 is 1.14 bits per heavy atom. The summed E-state index contributed by atoms with van der Waals surface area (Å²) in [5.41, 5.74) is 1.77. The zero-order chi connectivity index (χ0) is 15.4. The number of amides is 1. The van der Waals surface area contributed by atoms with Crippen molar-refractivity contribution in [1.29, 1.82) is 0 Å². The zero-order valence-corrected chi connectivity index (χ0v) is 11.8. The fraction of sp³-hybridized carbons (Fsp3) is 0.118. The molecule has 22 heavy (non-hydrogen) atoms. The van der Waals surface area contributed by atoms with Crippen LogP contribution in [0.4, 0.5) is 4.39 Å². The maximum atomic E-state index is 13.6. The Morgan fingerprint density at radius 3 is 2.77 bits per heavy atom. The number of pyridine rings is 1. The van der Waals surface area contributed by atoms with Crippen molar-refractivity contribution in [2.24, 2.45) is 4.99 Å². The molecule has 0 atom stereocenters. The molecule has 0 bridgehead atoms. The summed E-state index contributed by atoms with van der Waals surface area (Å²) < 4.78 is 13.6. The summed E-state index contributed by atoms with van der Waals surface area (Å²) in [6.07, 6.45) is 5.98. The third-order valence-electron chi connectivity index (χ3n) is 3.32. The van der Waals surface area contributed by atoms with E-state index in [4.69, 9.17) is 0 Å². The standard InChI is InChI=1S/C17H14FN3O/c18-14-6-2-1-5-13(14)7-8-16-20-15(17(22)21-16)10-12-4-3-9-19-11-12/h1-6,9-11H,7-8H2,(H,20,21,22)/b15-10+. The topological polar surface area (TPSA) is 54.4 Å². The second-order valence-electron chi connectivity index (χ2n) is 4.92. The van der Waals surface area contributed by atoms with Crippen LogP contribution in [0, 0.1) is 5.82 Å². The lowest BCUT2D eigenvalue weighted by Crippen LogP contribution is -2.24. The third kappa shape index (κ3) is 3.25. The number of benzene rings is 1. The molecule has 1 amide bonds. The normalized spacial score (nSPS) is 15.8. The monoisotopic (exact) mass is 295 g/mol. The highest BCUT2D eigenvalue weighted by Gasteiger charge is 2.19. The van der Waals surface area contributed by atoms with Gasteiger partial charge < -0.3 is 5.32 Å². The number of hydrogen-bond acceptors (Lipinski definition) is 3. The van der Waals surface area contributed by atoms with Crippen LogP contribution >= 0.6 is 0 Å². The highest BCUT2D eigenvalue weighted by Crippen LogP contribution is 2.14. The van der Waals surface area contributed by atoms with Crippen LogP contribution in [0.15, 0.2) is 59.5 Å². The number of aliphatic imine (C=N–C) groups is 1. The van der Waals surface area contributed by atoms with E-state index < -0.39 is 0 Å². The molecule has 0 saturated heterocycles. The van der Waals surface area contributed by atoms with Gasteiger partial charge >= 0.3 is 0 Å². The predicted molar refractivity (Wildman–Crippen MR) is 82.5 cm³/mol. The summed E-state index contributed by atoms with van der Waals surface area (Å²) in [6.45, 7) is 0. The van der Waals surface area contributed by atoms with Crippen molar-refractivity contribution < 1.29 is 9.18 Å². The van der Waals surface area contributed by atoms with E-state index in [0.29, 0.717) is 29.9 Å². The maximum Gasteiger partial charge on any atom is 0.275 e. The molecule has 1 aromatic carbocycles. The van der Waals surface area contributed by atoms with Crippen molar-refractivity contribution in [3.63, 3.8) is 0 Å². The summed E-state index contributed by atoms with van der Waals surface area (Å²) in [4.78, 5) is 20.1. The molecule has 110 valence electrons. The zero-order valence-electron chi connectivity index (χ0n) is 11.8. The quantitative estimate of drug-likeness (QED) is 0.882. The molecule has 1 aliphatic rings. The van der Waals surface area contributed by atoms with Gasteiger partial charge in [-0.2, -0.15) is 0 Å². The Kier molecular flexibility index (Phi) is 4.05. The number of carbonyl (C=O) groups excluding carboxylic acids is 1. The van der Waals surface area contributed by atoms with E-state index in [9.17, 15) is 9.18 Å². The molecule has 4 nitrogen and oxygen atoms in total. The molecular formula is C17H14FN3O. The van der Waals surface area contributed by atoms with Gasteiger partial charge in [0.2, 0.25) is 0 Å². The molecule has 2 heterocycles. The van der Waals surface area contributed by atoms with Crippen LogP contribution in [0.1, 0.15) is 17.5 Å². The molecular weight excluding hydrogens is 281 g/mol. The molecule has 1 aromatic heterocycles. The van der Waals surface area contributed by atoms with Crippen molar-refractivity contribution in [1.82, 2.24) is 10.3 Å². The predicted octanol–water partition coefficient (Wildman–Crippen LogP) is 2.72. The van der Waals surface area contributed by atoms with Crippen LogP contribution in [0.2, 0.25) is 0 Å². The second-order valence-corrected chi connectivity index (χ2v) is 4.92. The number of halogens is 1. The highest BCUT2D eigenvalue weighted by atomic mass is 19.1. The fourth-order valence-corrected chi connectivity index (χ4v) is 2.21. The molecule has 1 N–H and O–H groups in total. The van der Waals surface area contributed by atoms with Crippen LogP contribution in [0.25, 0.3) is 6.08 Å². The van der Waals surface area contributed by atoms with Crippen LogP contribution < -0.4 is 5.32 Å². The van der Waals surface area contributed by atoms with Gasteiger partial charge in [0, 0.05) is 18.8 Å². The minimum Gasteiger partial charge on any atom is -0.309 e. The number of nitrogens with zero attached hydrogens (tertiary/aromatic N) is 2. The first-order valence-corrected chi connectivity index (χ1v) is 6.96. The van der Waals surface area contributed by atoms with E-state index in [2.05, 4.69) is 15.3 Å². The first-order chi connectivity index (χ1) is 10.7. The van der Waals surface area contributed by atoms with Crippen LogP contribution in [0.3, 0.4) is 0 Å². The molecule has 0 unspecified atom stereocenters. The number of carbonyl (C=O) groups is 1. The van der Waals surface area contributed by atoms with Gasteiger partial charge in [-0.3, -0.25) is 9.78 Å². The number of aryl methyl sites for hydroxylation is 1. The average Bonchev–Trinajstić information content (AvgIpc) is 2.88. The summed E-state index contributed by atoms with van der Waals surface area (Å²) in [5.74, 6) is 0.0781. The first-order valence-electron chi connectivity index (χ1n) is 6.96. The Balaban J connectivity index is 1.71. The Hall–Kier alpha value is -2.82. The van der Waals surface area contributed by atoms with Gasteiger partial charge in [-0.25, -0.2) is 9.38 Å².